The predicted octanol–water partition coefficient (Wildman–Crippen LogP) is 2.52. The highest BCUT2D eigenvalue weighted by Crippen LogP contribution is 2.19. The highest BCUT2D eigenvalue weighted by atomic mass is 15.6. The molecule has 0 aliphatic heterocycles. The minimum Gasteiger partial charge on any atom is -0.368 e. The van der Waals surface area contributed by atoms with Crippen molar-refractivity contribution in [3.63, 3.8) is 0 Å². The predicted molar refractivity (Wildman–Crippen MR) is 106 cm³/mol. The zero-order chi connectivity index (χ0) is 19.5. The number of nitrogens with one attached hydrogen (secondary N) is 1. The molecule has 0 saturated carbocycles. The fourth-order valence-electron chi connectivity index (χ4n) is 2.77. The van der Waals surface area contributed by atoms with Gasteiger partial charge in [-0.1, -0.05) is 42.5 Å². The van der Waals surface area contributed by atoms with Gasteiger partial charge in [0.25, 0.3) is 0 Å². The van der Waals surface area contributed by atoms with E-state index in [-0.39, 0.29) is 12.5 Å². The molecular formula is C19H19N9. The molecule has 9 nitrogen and oxygen atoms in total. The summed E-state index contributed by atoms with van der Waals surface area (Å²) in [5, 5.41) is 15.8. The van der Waals surface area contributed by atoms with Crippen molar-refractivity contribution in [1.29, 1.82) is 0 Å². The summed E-state index contributed by atoms with van der Waals surface area (Å²) < 4.78 is 0. The SMILES string of the molecule is Cc1ccccc1Nc1nc(N)nc(Cn2nnc(-c3ccccc3C)n2)n1. The van der Waals surface area contributed by atoms with Gasteiger partial charge in [-0.3, -0.25) is 0 Å². The van der Waals surface area contributed by atoms with Gasteiger partial charge in [-0.15, -0.1) is 10.2 Å². The van der Waals surface area contributed by atoms with Crippen molar-refractivity contribution in [2.45, 2.75) is 20.4 Å². The van der Waals surface area contributed by atoms with Crippen LogP contribution < -0.4 is 11.1 Å². The lowest BCUT2D eigenvalue weighted by Gasteiger charge is -2.09. The monoisotopic (exact) mass is 373 g/mol. The summed E-state index contributed by atoms with van der Waals surface area (Å²) in [6, 6.07) is 15.7. The summed E-state index contributed by atoms with van der Waals surface area (Å²) >= 11 is 0. The van der Waals surface area contributed by atoms with Crippen LogP contribution in [0.15, 0.2) is 48.5 Å². The van der Waals surface area contributed by atoms with E-state index in [1.165, 1.54) is 4.80 Å². The van der Waals surface area contributed by atoms with Crippen molar-refractivity contribution in [1.82, 2.24) is 35.2 Å². The van der Waals surface area contributed by atoms with Gasteiger partial charge >= 0.3 is 0 Å². The smallest absolute Gasteiger partial charge is 0.232 e. The number of aromatic nitrogens is 7. The number of nitrogens with two attached hydrogens (primary N) is 1. The Kier molecular flexibility index (Phi) is 4.63. The summed E-state index contributed by atoms with van der Waals surface area (Å²) in [6.45, 7) is 4.24. The normalized spacial score (nSPS) is 10.8. The number of nitrogen functional groups attached to an aromatic ring is 1. The number of benzene rings is 2. The number of hydrogen-bond acceptors (Lipinski definition) is 8. The van der Waals surface area contributed by atoms with Gasteiger partial charge in [-0.05, 0) is 36.3 Å². The Morgan fingerprint density at radius 2 is 1.68 bits per heavy atom. The lowest BCUT2D eigenvalue weighted by atomic mass is 10.1. The first-order valence-corrected chi connectivity index (χ1v) is 8.75. The molecule has 0 amide bonds. The van der Waals surface area contributed by atoms with Crippen LogP contribution in [0.2, 0.25) is 0 Å². The summed E-state index contributed by atoms with van der Waals surface area (Å²) in [6.07, 6.45) is 0. The zero-order valence-corrected chi connectivity index (χ0v) is 15.5. The fourth-order valence-corrected chi connectivity index (χ4v) is 2.77. The number of aryl methyl sites for hydroxylation is 2. The molecule has 0 unspecified atom stereocenters. The maximum absolute atomic E-state index is 5.85. The van der Waals surface area contributed by atoms with Crippen LogP contribution in [0.5, 0.6) is 0 Å². The van der Waals surface area contributed by atoms with Gasteiger partial charge in [0.2, 0.25) is 17.7 Å². The summed E-state index contributed by atoms with van der Waals surface area (Å²) in [4.78, 5) is 14.2. The molecule has 0 fully saturated rings. The molecule has 4 aromatic rings. The molecule has 28 heavy (non-hydrogen) atoms. The standard InChI is InChI=1S/C19H19N9/c1-12-7-3-5-9-14(12)17-25-27-28(26-17)11-16-22-18(20)24-19(23-16)21-15-10-6-4-8-13(15)2/h3-10H,11H2,1-2H3,(H3,20,21,22,23,24). The van der Waals surface area contributed by atoms with E-state index in [2.05, 4.69) is 35.7 Å². The maximum Gasteiger partial charge on any atom is 0.232 e. The molecule has 0 aliphatic carbocycles. The molecule has 2 heterocycles. The Hall–Kier alpha value is -3.88. The topological polar surface area (TPSA) is 120 Å². The summed E-state index contributed by atoms with van der Waals surface area (Å²) in [7, 11) is 0. The Balaban J connectivity index is 1.57. The van der Waals surface area contributed by atoms with E-state index >= 15 is 0 Å². The molecule has 4 rings (SSSR count). The van der Waals surface area contributed by atoms with Crippen LogP contribution in [-0.4, -0.2) is 35.2 Å². The second-order valence-corrected chi connectivity index (χ2v) is 6.33. The van der Waals surface area contributed by atoms with Gasteiger partial charge in [-0.25, -0.2) is 0 Å². The number of rotatable bonds is 5. The Labute approximate surface area is 161 Å². The van der Waals surface area contributed by atoms with Crippen molar-refractivity contribution in [2.24, 2.45) is 0 Å². The van der Waals surface area contributed by atoms with Crippen LogP contribution in [0.4, 0.5) is 17.6 Å². The Morgan fingerprint density at radius 1 is 0.929 bits per heavy atom. The molecule has 140 valence electrons. The first-order chi connectivity index (χ1) is 13.6. The summed E-state index contributed by atoms with van der Waals surface area (Å²) in [5.74, 6) is 1.49. The number of nitrogens with zero attached hydrogens (tertiary/aromatic N) is 7. The third kappa shape index (κ3) is 3.78. The average Bonchev–Trinajstić information content (AvgIpc) is 3.12. The minimum absolute atomic E-state index is 0.125. The average molecular weight is 373 g/mol. The highest BCUT2D eigenvalue weighted by Gasteiger charge is 2.11. The maximum atomic E-state index is 5.85. The molecule has 0 spiro atoms. The lowest BCUT2D eigenvalue weighted by molar-refractivity contribution is 0.554. The molecule has 0 aliphatic rings. The van der Waals surface area contributed by atoms with Gasteiger partial charge in [0, 0.05) is 11.3 Å². The number of para-hydroxylation sites is 1. The molecule has 9 heteroatoms. The lowest BCUT2D eigenvalue weighted by Crippen LogP contribution is -2.12. The second-order valence-electron chi connectivity index (χ2n) is 6.33. The third-order valence-corrected chi connectivity index (χ3v) is 4.21. The van der Waals surface area contributed by atoms with Crippen LogP contribution in [-0.2, 0) is 6.54 Å². The van der Waals surface area contributed by atoms with Crippen molar-refractivity contribution < 1.29 is 0 Å². The highest BCUT2D eigenvalue weighted by molar-refractivity contribution is 5.59. The van der Waals surface area contributed by atoms with Crippen molar-refractivity contribution in [3.8, 4) is 11.4 Å². The van der Waals surface area contributed by atoms with Gasteiger partial charge in [-0.2, -0.15) is 19.7 Å². The first-order valence-electron chi connectivity index (χ1n) is 8.75. The van der Waals surface area contributed by atoms with Gasteiger partial charge < -0.3 is 11.1 Å². The van der Waals surface area contributed by atoms with Crippen molar-refractivity contribution >= 4 is 17.6 Å². The Bertz CT molecular complexity index is 1120. The Morgan fingerprint density at radius 3 is 2.46 bits per heavy atom. The number of anilines is 3. The molecule has 2 aromatic carbocycles. The van der Waals surface area contributed by atoms with Crippen molar-refractivity contribution in [2.75, 3.05) is 11.1 Å². The third-order valence-electron chi connectivity index (χ3n) is 4.21. The molecule has 3 N–H and O–H groups in total. The van der Waals surface area contributed by atoms with E-state index in [4.69, 9.17) is 5.73 Å². The molecule has 0 saturated heterocycles. The van der Waals surface area contributed by atoms with E-state index in [9.17, 15) is 0 Å². The molecular weight excluding hydrogens is 354 g/mol. The van der Waals surface area contributed by atoms with E-state index < -0.39 is 0 Å². The van der Waals surface area contributed by atoms with Crippen LogP contribution in [0.25, 0.3) is 11.4 Å². The van der Waals surface area contributed by atoms with Gasteiger partial charge in [0.1, 0.15) is 6.54 Å². The van der Waals surface area contributed by atoms with Crippen LogP contribution in [0, 0.1) is 13.8 Å². The van der Waals surface area contributed by atoms with Crippen LogP contribution >= 0.6 is 0 Å². The number of tetrazole rings is 1. The van der Waals surface area contributed by atoms with Gasteiger partial charge in [0.05, 0.1) is 0 Å². The number of hydrogen-bond donors (Lipinski definition) is 2. The molecule has 0 atom stereocenters. The quantitative estimate of drug-likeness (QED) is 0.547. The fraction of sp³-hybridized carbons (Fsp3) is 0.158. The largest absolute Gasteiger partial charge is 0.368 e. The molecule has 2 aromatic heterocycles. The zero-order valence-electron chi connectivity index (χ0n) is 15.5. The second kappa shape index (κ2) is 7.39. The van der Waals surface area contributed by atoms with Crippen LogP contribution in [0.1, 0.15) is 17.0 Å². The minimum atomic E-state index is 0.125. The van der Waals surface area contributed by atoms with E-state index in [1.807, 2.05) is 62.4 Å². The summed E-state index contributed by atoms with van der Waals surface area (Å²) in [5.41, 5.74) is 9.84. The van der Waals surface area contributed by atoms with Gasteiger partial charge in [0.15, 0.2) is 5.82 Å². The van der Waals surface area contributed by atoms with E-state index in [0.717, 1.165) is 22.4 Å². The first kappa shape index (κ1) is 17.5. The van der Waals surface area contributed by atoms with Crippen LogP contribution in [0.3, 0.4) is 0 Å². The molecule has 0 bridgehead atoms. The molecule has 0 radical (unpaired) electrons. The van der Waals surface area contributed by atoms with E-state index in [1.54, 1.807) is 0 Å². The van der Waals surface area contributed by atoms with Crippen molar-refractivity contribution in [3.05, 3.63) is 65.5 Å². The van der Waals surface area contributed by atoms with E-state index in [0.29, 0.717) is 17.6 Å².